The van der Waals surface area contributed by atoms with E-state index in [1.54, 1.807) is 0 Å². The van der Waals surface area contributed by atoms with E-state index in [-0.39, 0.29) is 11.2 Å². The van der Waals surface area contributed by atoms with Crippen LogP contribution < -0.4 is 10.4 Å². The first-order valence-electron chi connectivity index (χ1n) is 10.7. The summed E-state index contributed by atoms with van der Waals surface area (Å²) < 4.78 is 17.7. The fraction of sp³-hybridized carbons (Fsp3) is 0.500. The largest absolute Gasteiger partial charge is 0.494 e. The van der Waals surface area contributed by atoms with Crippen LogP contribution in [0.15, 0.2) is 48.5 Å². The molecule has 2 saturated heterocycles. The molecule has 6 heteroatoms. The van der Waals surface area contributed by atoms with E-state index in [2.05, 4.69) is 17.0 Å². The smallest absolute Gasteiger partial charge is 0.399 e. The van der Waals surface area contributed by atoms with Crippen LogP contribution in [-0.2, 0) is 19.6 Å². The standard InChI is InChI=1S/C24H32BNO4/c1-22(2)23(3,4)30-25(29-22)20-11-9-18(10-12-20)24(5,27)19-7-6-8-21(17-19)26-13-15-28-16-14-26/h6-12,17,27H,13-16H2,1-5H3. The van der Waals surface area contributed by atoms with Crippen molar-refractivity contribution in [3.8, 4) is 0 Å². The van der Waals surface area contributed by atoms with Gasteiger partial charge in [0, 0.05) is 18.8 Å². The Kier molecular flexibility index (Phi) is 5.48. The maximum atomic E-state index is 11.4. The van der Waals surface area contributed by atoms with Crippen LogP contribution in [0.1, 0.15) is 45.7 Å². The van der Waals surface area contributed by atoms with Crippen molar-refractivity contribution >= 4 is 18.3 Å². The maximum absolute atomic E-state index is 11.4. The number of hydrogen-bond donors (Lipinski definition) is 1. The number of nitrogens with zero attached hydrogens (tertiary/aromatic N) is 1. The Morgan fingerprint density at radius 1 is 0.900 bits per heavy atom. The van der Waals surface area contributed by atoms with Gasteiger partial charge in [0.25, 0.3) is 0 Å². The molecule has 4 rings (SSSR count). The van der Waals surface area contributed by atoms with E-state index in [4.69, 9.17) is 14.0 Å². The Bertz CT molecular complexity index is 872. The molecule has 2 heterocycles. The number of anilines is 1. The molecule has 2 aliphatic heterocycles. The second kappa shape index (κ2) is 7.68. The van der Waals surface area contributed by atoms with Crippen LogP contribution in [0.4, 0.5) is 5.69 Å². The molecule has 0 bridgehead atoms. The number of rotatable bonds is 4. The molecule has 2 aliphatic rings. The molecule has 1 N–H and O–H groups in total. The summed E-state index contributed by atoms with van der Waals surface area (Å²) in [4.78, 5) is 2.30. The predicted molar refractivity (Wildman–Crippen MR) is 120 cm³/mol. The summed E-state index contributed by atoms with van der Waals surface area (Å²) in [5.41, 5.74) is 1.93. The Morgan fingerprint density at radius 2 is 1.50 bits per heavy atom. The SMILES string of the molecule is CC(O)(c1ccc(B2OC(C)(C)C(C)(C)O2)cc1)c1cccc(N2CCOCC2)c1. The fourth-order valence-electron chi connectivity index (χ4n) is 3.94. The van der Waals surface area contributed by atoms with Gasteiger partial charge in [-0.25, -0.2) is 0 Å². The minimum Gasteiger partial charge on any atom is -0.399 e. The van der Waals surface area contributed by atoms with Gasteiger partial charge in [0.15, 0.2) is 0 Å². The van der Waals surface area contributed by atoms with Crippen molar-refractivity contribution in [2.24, 2.45) is 0 Å². The lowest BCUT2D eigenvalue weighted by Crippen LogP contribution is -2.41. The molecule has 1 atom stereocenters. The number of hydrogen-bond acceptors (Lipinski definition) is 5. The van der Waals surface area contributed by atoms with Crippen LogP contribution in [0.25, 0.3) is 0 Å². The Morgan fingerprint density at radius 3 is 2.10 bits per heavy atom. The Balaban J connectivity index is 1.55. The number of morpholine rings is 1. The minimum atomic E-state index is -1.10. The van der Waals surface area contributed by atoms with Crippen LogP contribution in [-0.4, -0.2) is 49.7 Å². The van der Waals surface area contributed by atoms with E-state index in [0.29, 0.717) is 0 Å². The lowest BCUT2D eigenvalue weighted by Gasteiger charge is -2.32. The third-order valence-electron chi connectivity index (χ3n) is 6.78. The van der Waals surface area contributed by atoms with Gasteiger partial charge >= 0.3 is 7.12 Å². The lowest BCUT2D eigenvalue weighted by atomic mass is 9.77. The summed E-state index contributed by atoms with van der Waals surface area (Å²) in [6, 6.07) is 16.0. The summed E-state index contributed by atoms with van der Waals surface area (Å²) in [7, 11) is -0.404. The van der Waals surface area contributed by atoms with E-state index in [1.165, 1.54) is 0 Å². The summed E-state index contributed by atoms with van der Waals surface area (Å²) in [5.74, 6) is 0. The molecule has 0 amide bonds. The molecule has 5 nitrogen and oxygen atoms in total. The maximum Gasteiger partial charge on any atom is 0.494 e. The predicted octanol–water partition coefficient (Wildman–Crippen LogP) is 3.08. The summed E-state index contributed by atoms with van der Waals surface area (Å²) in [6.07, 6.45) is 0. The highest BCUT2D eigenvalue weighted by atomic mass is 16.7. The van der Waals surface area contributed by atoms with Gasteiger partial charge in [-0.05, 0) is 63.3 Å². The summed E-state index contributed by atoms with van der Waals surface area (Å²) in [5, 5.41) is 11.4. The van der Waals surface area contributed by atoms with E-state index < -0.39 is 12.7 Å². The minimum absolute atomic E-state index is 0.373. The normalized spacial score (nSPS) is 22.7. The zero-order valence-corrected chi connectivity index (χ0v) is 18.6. The van der Waals surface area contributed by atoms with Gasteiger partial charge < -0.3 is 24.1 Å². The molecule has 0 aromatic heterocycles. The second-order valence-corrected chi connectivity index (χ2v) is 9.43. The molecular formula is C24H32BNO4. The summed E-state index contributed by atoms with van der Waals surface area (Å²) in [6.45, 7) is 13.3. The highest BCUT2D eigenvalue weighted by Gasteiger charge is 2.51. The Hall–Kier alpha value is -1.86. The van der Waals surface area contributed by atoms with E-state index in [1.807, 2.05) is 71.0 Å². The van der Waals surface area contributed by atoms with Crippen LogP contribution >= 0.6 is 0 Å². The zero-order chi connectivity index (χ0) is 21.6. The van der Waals surface area contributed by atoms with Gasteiger partial charge in [-0.3, -0.25) is 0 Å². The van der Waals surface area contributed by atoms with Crippen molar-refractivity contribution in [2.45, 2.75) is 51.4 Å². The van der Waals surface area contributed by atoms with Crippen molar-refractivity contribution in [1.29, 1.82) is 0 Å². The first kappa shape index (κ1) is 21.4. The van der Waals surface area contributed by atoms with Crippen molar-refractivity contribution in [1.82, 2.24) is 0 Å². The van der Waals surface area contributed by atoms with Crippen LogP contribution in [0.5, 0.6) is 0 Å². The van der Waals surface area contributed by atoms with Gasteiger partial charge in [0.05, 0.1) is 24.4 Å². The second-order valence-electron chi connectivity index (χ2n) is 9.43. The van der Waals surface area contributed by atoms with Gasteiger partial charge in [-0.1, -0.05) is 36.4 Å². The first-order chi connectivity index (χ1) is 14.1. The van der Waals surface area contributed by atoms with Crippen LogP contribution in [0.3, 0.4) is 0 Å². The Labute approximate surface area is 180 Å². The number of ether oxygens (including phenoxy) is 1. The fourth-order valence-corrected chi connectivity index (χ4v) is 3.94. The first-order valence-corrected chi connectivity index (χ1v) is 10.7. The zero-order valence-electron chi connectivity index (χ0n) is 18.6. The van der Waals surface area contributed by atoms with E-state index in [0.717, 1.165) is 48.6 Å². The molecule has 0 spiro atoms. The molecule has 1 unspecified atom stereocenters. The average molecular weight is 409 g/mol. The quantitative estimate of drug-likeness (QED) is 0.787. The number of aliphatic hydroxyl groups is 1. The molecule has 30 heavy (non-hydrogen) atoms. The molecule has 2 fully saturated rings. The van der Waals surface area contributed by atoms with Crippen LogP contribution in [0, 0.1) is 0 Å². The third kappa shape index (κ3) is 3.90. The van der Waals surface area contributed by atoms with E-state index in [9.17, 15) is 5.11 Å². The van der Waals surface area contributed by atoms with Gasteiger partial charge in [0.1, 0.15) is 5.60 Å². The van der Waals surface area contributed by atoms with Crippen molar-refractivity contribution in [2.75, 3.05) is 31.2 Å². The highest BCUT2D eigenvalue weighted by molar-refractivity contribution is 6.62. The molecular weight excluding hydrogens is 377 g/mol. The molecule has 0 aliphatic carbocycles. The lowest BCUT2D eigenvalue weighted by molar-refractivity contribution is 0.00578. The third-order valence-corrected chi connectivity index (χ3v) is 6.78. The van der Waals surface area contributed by atoms with Crippen molar-refractivity contribution in [3.63, 3.8) is 0 Å². The monoisotopic (exact) mass is 409 g/mol. The van der Waals surface area contributed by atoms with Gasteiger partial charge in [0.2, 0.25) is 0 Å². The molecule has 2 aromatic rings. The molecule has 160 valence electrons. The number of benzene rings is 2. The van der Waals surface area contributed by atoms with Crippen LogP contribution in [0.2, 0.25) is 0 Å². The topological polar surface area (TPSA) is 51.2 Å². The molecule has 2 aromatic carbocycles. The van der Waals surface area contributed by atoms with E-state index >= 15 is 0 Å². The molecule has 0 radical (unpaired) electrons. The summed E-state index contributed by atoms with van der Waals surface area (Å²) >= 11 is 0. The highest BCUT2D eigenvalue weighted by Crippen LogP contribution is 2.37. The van der Waals surface area contributed by atoms with Crippen molar-refractivity contribution < 1.29 is 19.2 Å². The average Bonchev–Trinajstić information content (AvgIpc) is 2.96. The van der Waals surface area contributed by atoms with Gasteiger partial charge in [-0.15, -0.1) is 0 Å². The van der Waals surface area contributed by atoms with Crippen molar-refractivity contribution in [3.05, 3.63) is 59.7 Å². The molecule has 0 saturated carbocycles. The van der Waals surface area contributed by atoms with Gasteiger partial charge in [-0.2, -0.15) is 0 Å².